The van der Waals surface area contributed by atoms with Crippen LogP contribution < -0.4 is 4.90 Å². The predicted octanol–water partition coefficient (Wildman–Crippen LogP) is 1.90. The van der Waals surface area contributed by atoms with E-state index in [1.54, 1.807) is 24.1 Å². The number of phosphoric ester groups is 1. The Kier molecular flexibility index (Phi) is 4.63. The first kappa shape index (κ1) is 19.8. The zero-order chi connectivity index (χ0) is 21.8. The molecule has 2 aliphatic heterocycles. The molecule has 1 fully saturated rings. The fraction of sp³-hybridized carbons (Fsp3) is 0.263. The van der Waals surface area contributed by atoms with Crippen molar-refractivity contribution in [1.82, 2.24) is 20.0 Å². The summed E-state index contributed by atoms with van der Waals surface area (Å²) in [6, 6.07) is 9.21. The minimum Gasteiger partial charge on any atom is -0.441 e. The SMILES string of the molecule is Cn1nncc1-c1ccc(-c2ccc3c(c2)C[C@H]2[C@H](COP(=O)(O)O)OC(=O)N32)cn1. The summed E-state index contributed by atoms with van der Waals surface area (Å²) in [6.07, 6.45) is 2.61. The Bertz CT molecular complexity index is 1210. The van der Waals surface area contributed by atoms with Gasteiger partial charge in [0, 0.05) is 18.8 Å². The van der Waals surface area contributed by atoms with Crippen LogP contribution in [0.2, 0.25) is 0 Å². The molecule has 1 aromatic carbocycles. The van der Waals surface area contributed by atoms with Gasteiger partial charge in [-0.05, 0) is 35.7 Å². The summed E-state index contributed by atoms with van der Waals surface area (Å²) >= 11 is 0. The Hall–Kier alpha value is -3.11. The number of phosphoric acid groups is 1. The number of ether oxygens (including phenoxy) is 1. The van der Waals surface area contributed by atoms with Crippen LogP contribution in [0.4, 0.5) is 10.5 Å². The third kappa shape index (κ3) is 3.61. The lowest BCUT2D eigenvalue weighted by Crippen LogP contribution is -2.35. The second-order valence-electron chi connectivity index (χ2n) is 7.37. The monoisotopic (exact) mass is 443 g/mol. The van der Waals surface area contributed by atoms with E-state index < -0.39 is 20.0 Å². The highest BCUT2D eigenvalue weighted by Crippen LogP contribution is 2.42. The number of cyclic esters (lactones) is 1. The van der Waals surface area contributed by atoms with Crippen molar-refractivity contribution in [3.63, 3.8) is 0 Å². The summed E-state index contributed by atoms with van der Waals surface area (Å²) in [6.45, 7) is -0.369. The quantitative estimate of drug-likeness (QED) is 0.566. The van der Waals surface area contributed by atoms with Crippen molar-refractivity contribution >= 4 is 19.6 Å². The number of hydrogen-bond acceptors (Lipinski definition) is 7. The zero-order valence-electron chi connectivity index (χ0n) is 16.3. The molecule has 3 aromatic rings. The van der Waals surface area contributed by atoms with E-state index in [2.05, 4.69) is 19.8 Å². The molecule has 2 atom stereocenters. The third-order valence-electron chi connectivity index (χ3n) is 5.46. The molecule has 1 saturated heterocycles. The van der Waals surface area contributed by atoms with E-state index in [-0.39, 0.29) is 12.6 Å². The highest BCUT2D eigenvalue weighted by atomic mass is 31.2. The number of anilines is 1. The molecule has 5 rings (SSSR count). The topological polar surface area (TPSA) is 140 Å². The second kappa shape index (κ2) is 7.24. The number of rotatable bonds is 5. The third-order valence-corrected chi connectivity index (χ3v) is 5.94. The van der Waals surface area contributed by atoms with E-state index in [0.717, 1.165) is 33.8 Å². The molecule has 11 nitrogen and oxygen atoms in total. The van der Waals surface area contributed by atoms with Gasteiger partial charge in [0.1, 0.15) is 11.8 Å². The minimum atomic E-state index is -4.65. The number of nitrogens with zero attached hydrogens (tertiary/aromatic N) is 5. The first-order chi connectivity index (χ1) is 14.8. The van der Waals surface area contributed by atoms with Crippen molar-refractivity contribution in [1.29, 1.82) is 0 Å². The molecule has 31 heavy (non-hydrogen) atoms. The van der Waals surface area contributed by atoms with Gasteiger partial charge in [-0.25, -0.2) is 14.0 Å². The van der Waals surface area contributed by atoms with Crippen LogP contribution in [0.25, 0.3) is 22.5 Å². The van der Waals surface area contributed by atoms with Crippen molar-refractivity contribution < 1.29 is 28.4 Å². The van der Waals surface area contributed by atoms with Crippen LogP contribution in [0, 0.1) is 0 Å². The van der Waals surface area contributed by atoms with Crippen molar-refractivity contribution in [2.75, 3.05) is 11.5 Å². The van der Waals surface area contributed by atoms with Gasteiger partial charge in [0.15, 0.2) is 0 Å². The Morgan fingerprint density at radius 1 is 1.23 bits per heavy atom. The van der Waals surface area contributed by atoms with E-state index in [0.29, 0.717) is 6.42 Å². The fourth-order valence-electron chi connectivity index (χ4n) is 4.01. The van der Waals surface area contributed by atoms with Gasteiger partial charge in [0.25, 0.3) is 0 Å². The lowest BCUT2D eigenvalue weighted by Gasteiger charge is -2.16. The Morgan fingerprint density at radius 3 is 2.71 bits per heavy atom. The van der Waals surface area contributed by atoms with Crippen LogP contribution in [-0.4, -0.2) is 54.6 Å². The van der Waals surface area contributed by atoms with Crippen molar-refractivity contribution in [3.8, 4) is 22.5 Å². The number of amides is 1. The highest BCUT2D eigenvalue weighted by Gasteiger charge is 2.48. The van der Waals surface area contributed by atoms with E-state index in [4.69, 9.17) is 14.5 Å². The molecule has 4 heterocycles. The molecule has 0 aliphatic carbocycles. The maximum absolute atomic E-state index is 12.3. The normalized spacial score (nSPS) is 20.0. The van der Waals surface area contributed by atoms with Crippen LogP contribution in [0.1, 0.15) is 5.56 Å². The number of pyridine rings is 1. The molecule has 2 aromatic heterocycles. The molecule has 0 radical (unpaired) electrons. The average Bonchev–Trinajstić information content (AvgIpc) is 3.40. The fourth-order valence-corrected chi connectivity index (χ4v) is 4.35. The average molecular weight is 443 g/mol. The molecule has 1 amide bonds. The number of hydrogen-bond donors (Lipinski definition) is 2. The van der Waals surface area contributed by atoms with Crippen LogP contribution >= 0.6 is 7.82 Å². The van der Waals surface area contributed by atoms with Gasteiger partial charge >= 0.3 is 13.9 Å². The number of carbonyl (C=O) groups excluding carboxylic acids is 1. The summed E-state index contributed by atoms with van der Waals surface area (Å²) < 4.78 is 22.5. The molecule has 160 valence electrons. The lowest BCUT2D eigenvalue weighted by atomic mass is 10.0. The molecular weight excluding hydrogens is 425 g/mol. The number of aryl methyl sites for hydroxylation is 1. The van der Waals surface area contributed by atoms with Gasteiger partial charge in [-0.3, -0.25) is 14.4 Å². The Labute approximate surface area is 176 Å². The summed E-state index contributed by atoms with van der Waals surface area (Å²) in [4.78, 5) is 36.2. The largest absolute Gasteiger partial charge is 0.469 e. The molecule has 2 aliphatic rings. The smallest absolute Gasteiger partial charge is 0.441 e. The number of aromatic nitrogens is 4. The summed E-state index contributed by atoms with van der Waals surface area (Å²) in [5.74, 6) is 0. The first-order valence-electron chi connectivity index (χ1n) is 9.44. The Morgan fingerprint density at radius 2 is 2.03 bits per heavy atom. The van der Waals surface area contributed by atoms with E-state index in [1.807, 2.05) is 30.3 Å². The predicted molar refractivity (Wildman–Crippen MR) is 108 cm³/mol. The maximum Gasteiger partial charge on any atom is 0.469 e. The Balaban J connectivity index is 1.38. The van der Waals surface area contributed by atoms with E-state index in [1.165, 1.54) is 4.90 Å². The maximum atomic E-state index is 12.3. The van der Waals surface area contributed by atoms with Crippen molar-refractivity contribution in [2.24, 2.45) is 7.05 Å². The zero-order valence-corrected chi connectivity index (χ0v) is 17.2. The van der Waals surface area contributed by atoms with Crippen molar-refractivity contribution in [2.45, 2.75) is 18.6 Å². The van der Waals surface area contributed by atoms with Crippen molar-refractivity contribution in [3.05, 3.63) is 48.3 Å². The summed E-state index contributed by atoms with van der Waals surface area (Å²) in [7, 11) is -2.85. The second-order valence-corrected chi connectivity index (χ2v) is 8.61. The molecule has 0 unspecified atom stereocenters. The van der Waals surface area contributed by atoms with Gasteiger partial charge in [-0.2, -0.15) is 0 Å². The molecule has 0 spiro atoms. The highest BCUT2D eigenvalue weighted by molar-refractivity contribution is 7.46. The van der Waals surface area contributed by atoms with E-state index >= 15 is 0 Å². The van der Waals surface area contributed by atoms with Crippen LogP contribution in [-0.2, 0) is 27.3 Å². The number of fused-ring (bicyclic) bond motifs is 3. The summed E-state index contributed by atoms with van der Waals surface area (Å²) in [5.41, 5.74) is 5.09. The van der Waals surface area contributed by atoms with Gasteiger partial charge in [0.05, 0.1) is 30.2 Å². The number of benzene rings is 1. The van der Waals surface area contributed by atoms with Crippen LogP contribution in [0.5, 0.6) is 0 Å². The minimum absolute atomic E-state index is 0.369. The molecule has 2 N–H and O–H groups in total. The molecule has 0 bridgehead atoms. The first-order valence-corrected chi connectivity index (χ1v) is 11.0. The summed E-state index contributed by atoms with van der Waals surface area (Å²) in [5, 5.41) is 7.77. The molecular formula is C19H18N5O6P. The standard InChI is InChI=1S/C19H18N5O6P/c1-23-17(9-21-22-23)14-4-2-12(8-20-14)11-3-5-15-13(6-11)7-16-18(10-29-31(26,27)28)30-19(25)24(15)16/h2-6,8-9,16,18H,7,10H2,1H3,(H2,26,27,28)/t16-,18-/m0/s1. The van der Waals surface area contributed by atoms with Gasteiger partial charge < -0.3 is 14.5 Å². The van der Waals surface area contributed by atoms with Gasteiger partial charge in [-0.1, -0.05) is 17.3 Å². The molecule has 12 heteroatoms. The lowest BCUT2D eigenvalue weighted by molar-refractivity contribution is 0.0761. The molecule has 0 saturated carbocycles. The van der Waals surface area contributed by atoms with Gasteiger partial charge in [0.2, 0.25) is 0 Å². The van der Waals surface area contributed by atoms with Crippen LogP contribution in [0.3, 0.4) is 0 Å². The van der Waals surface area contributed by atoms with E-state index in [9.17, 15) is 9.36 Å². The van der Waals surface area contributed by atoms with Gasteiger partial charge in [-0.15, -0.1) is 5.10 Å². The van der Waals surface area contributed by atoms with Crippen LogP contribution in [0.15, 0.2) is 42.7 Å². The number of carbonyl (C=O) groups is 1.